The number of carbonyl (C=O) groups excluding carboxylic acids is 1. The highest BCUT2D eigenvalue weighted by Gasteiger charge is 2.14. The number of rotatable bonds is 4. The molecule has 0 atom stereocenters. The Labute approximate surface area is 165 Å². The molecule has 0 aliphatic heterocycles. The Bertz CT molecular complexity index is 1150. The third kappa shape index (κ3) is 3.49. The highest BCUT2D eigenvalue weighted by Crippen LogP contribution is 2.21. The number of tetrazole rings is 1. The summed E-state index contributed by atoms with van der Waals surface area (Å²) in [6, 6.07) is 14.4. The first-order valence-corrected chi connectivity index (χ1v) is 8.87. The molecule has 0 unspecified atom stereocenters. The summed E-state index contributed by atoms with van der Waals surface area (Å²) >= 11 is 6.09. The van der Waals surface area contributed by atoms with Crippen molar-refractivity contribution in [1.82, 2.24) is 30.0 Å². The maximum absolute atomic E-state index is 12.8. The van der Waals surface area contributed by atoms with E-state index in [1.807, 2.05) is 26.0 Å². The monoisotopic (exact) mass is 393 g/mol. The topological polar surface area (TPSA) is 90.5 Å². The molecular formula is C19H16ClN7O. The van der Waals surface area contributed by atoms with Crippen molar-refractivity contribution in [1.29, 1.82) is 0 Å². The highest BCUT2D eigenvalue weighted by atomic mass is 35.5. The van der Waals surface area contributed by atoms with E-state index in [0.717, 1.165) is 22.6 Å². The van der Waals surface area contributed by atoms with Crippen LogP contribution in [0.5, 0.6) is 0 Å². The second-order valence-electron chi connectivity index (χ2n) is 6.27. The minimum atomic E-state index is -0.241. The van der Waals surface area contributed by atoms with Gasteiger partial charge in [0.15, 0.2) is 0 Å². The largest absolute Gasteiger partial charge is 0.306 e. The third-order valence-electron chi connectivity index (χ3n) is 4.18. The van der Waals surface area contributed by atoms with Crippen molar-refractivity contribution in [2.75, 3.05) is 5.32 Å². The van der Waals surface area contributed by atoms with Crippen molar-refractivity contribution in [2.24, 2.45) is 0 Å². The number of hydrogen-bond acceptors (Lipinski definition) is 5. The molecule has 0 fully saturated rings. The van der Waals surface area contributed by atoms with Crippen LogP contribution in [0, 0.1) is 13.8 Å². The Balaban J connectivity index is 1.62. The average molecular weight is 394 g/mol. The van der Waals surface area contributed by atoms with E-state index in [4.69, 9.17) is 11.6 Å². The molecule has 0 radical (unpaired) electrons. The van der Waals surface area contributed by atoms with E-state index in [-0.39, 0.29) is 5.91 Å². The van der Waals surface area contributed by atoms with Gasteiger partial charge in [0.1, 0.15) is 12.1 Å². The van der Waals surface area contributed by atoms with Crippen molar-refractivity contribution >= 4 is 23.3 Å². The van der Waals surface area contributed by atoms with Crippen LogP contribution in [0.1, 0.15) is 21.6 Å². The summed E-state index contributed by atoms with van der Waals surface area (Å²) in [7, 11) is 0. The fourth-order valence-electron chi connectivity index (χ4n) is 2.91. The Morgan fingerprint density at radius 2 is 1.96 bits per heavy atom. The molecule has 2 aromatic carbocycles. The van der Waals surface area contributed by atoms with Gasteiger partial charge in [0.05, 0.1) is 17.1 Å². The van der Waals surface area contributed by atoms with Gasteiger partial charge in [-0.3, -0.25) is 4.79 Å². The first-order chi connectivity index (χ1) is 13.5. The van der Waals surface area contributed by atoms with Crippen LogP contribution in [-0.2, 0) is 0 Å². The number of nitrogens with one attached hydrogen (secondary N) is 1. The molecule has 0 aliphatic rings. The van der Waals surface area contributed by atoms with E-state index < -0.39 is 0 Å². The van der Waals surface area contributed by atoms with Gasteiger partial charge >= 0.3 is 0 Å². The molecule has 0 saturated carbocycles. The van der Waals surface area contributed by atoms with Crippen LogP contribution in [0.2, 0.25) is 5.02 Å². The van der Waals surface area contributed by atoms with Gasteiger partial charge in [0.2, 0.25) is 0 Å². The van der Waals surface area contributed by atoms with Gasteiger partial charge < -0.3 is 5.32 Å². The molecule has 0 aliphatic carbocycles. The lowest BCUT2D eigenvalue weighted by molar-refractivity contribution is 0.102. The molecule has 8 nitrogen and oxygen atoms in total. The van der Waals surface area contributed by atoms with Crippen LogP contribution < -0.4 is 5.32 Å². The third-order valence-corrected chi connectivity index (χ3v) is 4.42. The predicted octanol–water partition coefficient (Wildman–Crippen LogP) is 3.37. The van der Waals surface area contributed by atoms with Gasteiger partial charge in [0, 0.05) is 16.7 Å². The fraction of sp³-hybridized carbons (Fsp3) is 0.105. The van der Waals surface area contributed by atoms with Crippen LogP contribution in [0.3, 0.4) is 0 Å². The summed E-state index contributed by atoms with van der Waals surface area (Å²) in [4.78, 5) is 12.8. The molecule has 2 aromatic heterocycles. The molecule has 9 heteroatoms. The van der Waals surface area contributed by atoms with Gasteiger partial charge in [0.25, 0.3) is 5.91 Å². The average Bonchev–Trinajstić information content (AvgIpc) is 3.31. The lowest BCUT2D eigenvalue weighted by Crippen LogP contribution is -2.15. The predicted molar refractivity (Wildman–Crippen MR) is 105 cm³/mol. The maximum Gasteiger partial charge on any atom is 0.256 e. The van der Waals surface area contributed by atoms with E-state index >= 15 is 0 Å². The van der Waals surface area contributed by atoms with Crippen LogP contribution in [0.25, 0.3) is 11.4 Å². The Morgan fingerprint density at radius 3 is 2.68 bits per heavy atom. The van der Waals surface area contributed by atoms with E-state index in [0.29, 0.717) is 16.4 Å². The van der Waals surface area contributed by atoms with Crippen molar-refractivity contribution < 1.29 is 4.79 Å². The number of hydrogen-bond donors (Lipinski definition) is 1. The van der Waals surface area contributed by atoms with Crippen LogP contribution in [-0.4, -0.2) is 35.9 Å². The summed E-state index contributed by atoms with van der Waals surface area (Å²) in [6.07, 6.45) is 1.51. The summed E-state index contributed by atoms with van der Waals surface area (Å²) in [5, 5.41) is 19.1. The van der Waals surface area contributed by atoms with Crippen molar-refractivity contribution in [3.05, 3.63) is 76.7 Å². The minimum Gasteiger partial charge on any atom is -0.306 e. The van der Waals surface area contributed by atoms with Gasteiger partial charge in [-0.1, -0.05) is 17.7 Å². The number of amides is 1. The van der Waals surface area contributed by atoms with Crippen molar-refractivity contribution in [3.8, 4) is 11.4 Å². The Morgan fingerprint density at radius 1 is 1.11 bits per heavy atom. The molecule has 0 bridgehead atoms. The SMILES string of the molecule is Cc1cc(NC(=O)c2ccc(-n3cnnn3)c(C)c2)n(-c2cccc(Cl)c2)n1. The molecule has 0 saturated heterocycles. The van der Waals surface area contributed by atoms with Gasteiger partial charge in [-0.05, 0) is 66.2 Å². The lowest BCUT2D eigenvalue weighted by Gasteiger charge is -2.11. The molecule has 140 valence electrons. The lowest BCUT2D eigenvalue weighted by atomic mass is 10.1. The minimum absolute atomic E-state index is 0.241. The molecular weight excluding hydrogens is 378 g/mol. The maximum atomic E-state index is 12.8. The Hall–Kier alpha value is -3.52. The zero-order valence-electron chi connectivity index (χ0n) is 15.2. The van der Waals surface area contributed by atoms with Crippen molar-refractivity contribution in [2.45, 2.75) is 13.8 Å². The summed E-state index contributed by atoms with van der Waals surface area (Å²) in [5.74, 6) is 0.321. The molecule has 2 heterocycles. The summed E-state index contributed by atoms with van der Waals surface area (Å²) in [5.41, 5.74) is 3.74. The van der Waals surface area contributed by atoms with Crippen molar-refractivity contribution in [3.63, 3.8) is 0 Å². The van der Waals surface area contributed by atoms with E-state index in [9.17, 15) is 4.79 Å². The van der Waals surface area contributed by atoms with Gasteiger partial charge in [-0.2, -0.15) is 5.10 Å². The van der Waals surface area contributed by atoms with Crippen LogP contribution >= 0.6 is 11.6 Å². The van der Waals surface area contributed by atoms with Gasteiger partial charge in [-0.25, -0.2) is 9.36 Å². The number of anilines is 1. The number of nitrogens with zero attached hydrogens (tertiary/aromatic N) is 6. The zero-order valence-corrected chi connectivity index (χ0v) is 15.9. The Kier molecular flexibility index (Phi) is 4.62. The van der Waals surface area contributed by atoms with Crippen LogP contribution in [0.4, 0.5) is 5.82 Å². The number of carbonyl (C=O) groups is 1. The molecule has 1 amide bonds. The van der Waals surface area contributed by atoms with E-state index in [1.54, 1.807) is 45.8 Å². The van der Waals surface area contributed by atoms with Gasteiger partial charge in [-0.15, -0.1) is 5.10 Å². The smallest absolute Gasteiger partial charge is 0.256 e. The second-order valence-corrected chi connectivity index (χ2v) is 6.71. The number of halogens is 1. The molecule has 0 spiro atoms. The second kappa shape index (κ2) is 7.24. The van der Waals surface area contributed by atoms with E-state index in [1.165, 1.54) is 6.33 Å². The molecule has 4 aromatic rings. The molecule has 4 rings (SSSR count). The van der Waals surface area contributed by atoms with E-state index in [2.05, 4.69) is 25.9 Å². The highest BCUT2D eigenvalue weighted by molar-refractivity contribution is 6.30. The first-order valence-electron chi connectivity index (χ1n) is 8.49. The molecule has 28 heavy (non-hydrogen) atoms. The van der Waals surface area contributed by atoms with Crippen LogP contribution in [0.15, 0.2) is 54.9 Å². The first kappa shape index (κ1) is 17.9. The molecule has 1 N–H and O–H groups in total. The number of aromatic nitrogens is 6. The normalized spacial score (nSPS) is 10.8. The number of aryl methyl sites for hydroxylation is 2. The number of benzene rings is 2. The summed E-state index contributed by atoms with van der Waals surface area (Å²) < 4.78 is 3.20. The standard InChI is InChI=1S/C19H16ClN7O/c1-12-8-14(6-7-17(12)26-11-21-24-25-26)19(28)22-18-9-13(2)23-27(18)16-5-3-4-15(20)10-16/h3-11H,1-2H3,(H,22,28). The summed E-state index contributed by atoms with van der Waals surface area (Å²) in [6.45, 7) is 3.76. The fourth-order valence-corrected chi connectivity index (χ4v) is 3.09. The zero-order chi connectivity index (χ0) is 19.7. The quantitative estimate of drug-likeness (QED) is 0.574.